The Bertz CT molecular complexity index is 739. The van der Waals surface area contributed by atoms with Crippen LogP contribution in [0.15, 0.2) is 47.5 Å². The largest absolute Gasteiger partial charge is 0.306 e. The van der Waals surface area contributed by atoms with Gasteiger partial charge in [-0.1, -0.05) is 24.3 Å². The minimum Gasteiger partial charge on any atom is -0.306 e. The van der Waals surface area contributed by atoms with Crippen molar-refractivity contribution in [3.63, 3.8) is 0 Å². The van der Waals surface area contributed by atoms with Crippen molar-refractivity contribution in [3.05, 3.63) is 59.4 Å². The van der Waals surface area contributed by atoms with Crippen molar-refractivity contribution in [1.29, 1.82) is 0 Å². The van der Waals surface area contributed by atoms with E-state index >= 15 is 0 Å². The van der Waals surface area contributed by atoms with Crippen molar-refractivity contribution in [3.8, 4) is 0 Å². The van der Waals surface area contributed by atoms with E-state index in [1.807, 2.05) is 37.4 Å². The number of aromatic nitrogens is 1. The van der Waals surface area contributed by atoms with E-state index < -0.39 is 9.84 Å². The second kappa shape index (κ2) is 5.58. The van der Waals surface area contributed by atoms with Crippen LogP contribution in [0, 0.1) is 6.92 Å². The highest BCUT2D eigenvalue weighted by Gasteiger charge is 2.29. The van der Waals surface area contributed by atoms with Gasteiger partial charge in [0, 0.05) is 24.5 Å². The van der Waals surface area contributed by atoms with Gasteiger partial charge < -0.3 is 5.32 Å². The van der Waals surface area contributed by atoms with Gasteiger partial charge in [-0.05, 0) is 36.6 Å². The first-order valence-electron chi connectivity index (χ1n) is 7.03. The SMILES string of the molecule is Cc1ccc(CNC2CCS(=O)(=O)c3ccccc32)cn1. The molecule has 1 N–H and O–H groups in total. The first-order chi connectivity index (χ1) is 10.1. The van der Waals surface area contributed by atoms with Gasteiger partial charge >= 0.3 is 0 Å². The second-order valence-electron chi connectivity index (χ2n) is 5.39. The van der Waals surface area contributed by atoms with Gasteiger partial charge in [-0.25, -0.2) is 8.42 Å². The fraction of sp³-hybridized carbons (Fsp3) is 0.312. The number of sulfone groups is 1. The van der Waals surface area contributed by atoms with Gasteiger partial charge in [0.25, 0.3) is 0 Å². The minimum absolute atomic E-state index is 0.0750. The normalized spacial score (nSPS) is 20.0. The number of nitrogens with zero attached hydrogens (tertiary/aromatic N) is 1. The fourth-order valence-electron chi connectivity index (χ4n) is 2.65. The molecule has 110 valence electrons. The third kappa shape index (κ3) is 2.99. The van der Waals surface area contributed by atoms with Crippen LogP contribution in [0.4, 0.5) is 0 Å². The highest BCUT2D eigenvalue weighted by atomic mass is 32.2. The highest BCUT2D eigenvalue weighted by Crippen LogP contribution is 2.31. The molecule has 0 saturated heterocycles. The number of aryl methyl sites for hydroxylation is 1. The van der Waals surface area contributed by atoms with Gasteiger partial charge in [-0.3, -0.25) is 4.98 Å². The maximum absolute atomic E-state index is 12.1. The zero-order chi connectivity index (χ0) is 14.9. The number of hydrogen-bond donors (Lipinski definition) is 1. The lowest BCUT2D eigenvalue weighted by molar-refractivity contribution is 0.491. The lowest BCUT2D eigenvalue weighted by Gasteiger charge is -2.26. The number of hydrogen-bond acceptors (Lipinski definition) is 4. The second-order valence-corrected chi connectivity index (χ2v) is 7.46. The van der Waals surface area contributed by atoms with Crippen LogP contribution in [0.25, 0.3) is 0 Å². The van der Waals surface area contributed by atoms with Crippen LogP contribution in [0.3, 0.4) is 0 Å². The molecule has 0 spiro atoms. The van der Waals surface area contributed by atoms with Crippen molar-refractivity contribution in [2.24, 2.45) is 0 Å². The summed E-state index contributed by atoms with van der Waals surface area (Å²) in [6, 6.07) is 11.4. The molecular weight excluding hydrogens is 284 g/mol. The van der Waals surface area contributed by atoms with Crippen molar-refractivity contribution in [2.45, 2.75) is 30.8 Å². The molecule has 1 unspecified atom stereocenters. The molecule has 0 radical (unpaired) electrons. The summed E-state index contributed by atoms with van der Waals surface area (Å²) in [5, 5.41) is 3.45. The van der Waals surface area contributed by atoms with E-state index in [1.54, 1.807) is 12.1 Å². The van der Waals surface area contributed by atoms with Gasteiger partial charge in [0.1, 0.15) is 0 Å². The van der Waals surface area contributed by atoms with Crippen LogP contribution in [-0.4, -0.2) is 19.2 Å². The average Bonchev–Trinajstić information content (AvgIpc) is 2.48. The zero-order valence-corrected chi connectivity index (χ0v) is 12.7. The smallest absolute Gasteiger partial charge is 0.178 e. The lowest BCUT2D eigenvalue weighted by Crippen LogP contribution is -2.29. The highest BCUT2D eigenvalue weighted by molar-refractivity contribution is 7.91. The maximum atomic E-state index is 12.1. The Labute approximate surface area is 125 Å². The monoisotopic (exact) mass is 302 g/mol. The van der Waals surface area contributed by atoms with E-state index in [0.717, 1.165) is 16.8 Å². The molecule has 2 aromatic rings. The van der Waals surface area contributed by atoms with Crippen LogP contribution >= 0.6 is 0 Å². The Kier molecular flexibility index (Phi) is 3.78. The van der Waals surface area contributed by atoms with E-state index in [0.29, 0.717) is 17.9 Å². The first-order valence-corrected chi connectivity index (χ1v) is 8.68. The van der Waals surface area contributed by atoms with Gasteiger partial charge in [0.2, 0.25) is 0 Å². The molecule has 0 aliphatic carbocycles. The van der Waals surface area contributed by atoms with E-state index in [-0.39, 0.29) is 11.8 Å². The Hall–Kier alpha value is -1.72. The Morgan fingerprint density at radius 3 is 2.81 bits per heavy atom. The predicted molar refractivity (Wildman–Crippen MR) is 81.7 cm³/mol. The van der Waals surface area contributed by atoms with E-state index in [2.05, 4.69) is 10.3 Å². The van der Waals surface area contributed by atoms with Gasteiger partial charge in [-0.2, -0.15) is 0 Å². The summed E-state index contributed by atoms with van der Waals surface area (Å²) >= 11 is 0. The van der Waals surface area contributed by atoms with Crippen LogP contribution in [0.2, 0.25) is 0 Å². The molecule has 5 heteroatoms. The number of benzene rings is 1. The maximum Gasteiger partial charge on any atom is 0.178 e. The molecule has 0 bridgehead atoms. The predicted octanol–water partition coefficient (Wildman–Crippen LogP) is 2.40. The van der Waals surface area contributed by atoms with Crippen LogP contribution in [-0.2, 0) is 16.4 Å². The molecule has 2 heterocycles. The molecule has 1 atom stereocenters. The van der Waals surface area contributed by atoms with Crippen molar-refractivity contribution in [2.75, 3.05) is 5.75 Å². The average molecular weight is 302 g/mol. The molecule has 1 aromatic heterocycles. The molecule has 1 aliphatic heterocycles. The molecular formula is C16H18N2O2S. The minimum atomic E-state index is -3.12. The van der Waals surface area contributed by atoms with Crippen molar-refractivity contribution >= 4 is 9.84 Å². The molecule has 1 aromatic carbocycles. The molecule has 4 nitrogen and oxygen atoms in total. The fourth-order valence-corrected chi connectivity index (χ4v) is 4.27. The van der Waals surface area contributed by atoms with Crippen LogP contribution < -0.4 is 5.32 Å². The Morgan fingerprint density at radius 2 is 2.05 bits per heavy atom. The summed E-state index contributed by atoms with van der Waals surface area (Å²) in [7, 11) is -3.12. The summed E-state index contributed by atoms with van der Waals surface area (Å²) in [6.07, 6.45) is 2.46. The molecule has 0 fully saturated rings. The first kappa shape index (κ1) is 14.2. The third-order valence-corrected chi connectivity index (χ3v) is 5.65. The van der Waals surface area contributed by atoms with Crippen LogP contribution in [0.5, 0.6) is 0 Å². The van der Waals surface area contributed by atoms with E-state index in [1.165, 1.54) is 0 Å². The van der Waals surface area contributed by atoms with Gasteiger partial charge in [0.15, 0.2) is 9.84 Å². The van der Waals surface area contributed by atoms with Gasteiger partial charge in [0.05, 0.1) is 10.6 Å². The zero-order valence-electron chi connectivity index (χ0n) is 11.9. The summed E-state index contributed by atoms with van der Waals surface area (Å²) in [4.78, 5) is 4.74. The standard InChI is InChI=1S/C16H18N2O2S/c1-12-6-7-13(10-17-12)11-18-15-8-9-21(19,20)16-5-3-2-4-14(15)16/h2-7,10,15,18H,8-9,11H2,1H3. The Morgan fingerprint density at radius 1 is 1.24 bits per heavy atom. The van der Waals surface area contributed by atoms with Crippen molar-refractivity contribution < 1.29 is 8.42 Å². The molecule has 0 saturated carbocycles. The summed E-state index contributed by atoms with van der Waals surface area (Å²) < 4.78 is 24.2. The summed E-state index contributed by atoms with van der Waals surface area (Å²) in [6.45, 7) is 2.64. The van der Waals surface area contributed by atoms with E-state index in [4.69, 9.17) is 0 Å². The number of pyridine rings is 1. The number of fused-ring (bicyclic) bond motifs is 1. The molecule has 21 heavy (non-hydrogen) atoms. The summed E-state index contributed by atoms with van der Waals surface area (Å²) in [5.41, 5.74) is 2.98. The quantitative estimate of drug-likeness (QED) is 0.946. The van der Waals surface area contributed by atoms with Gasteiger partial charge in [-0.15, -0.1) is 0 Å². The van der Waals surface area contributed by atoms with E-state index in [9.17, 15) is 8.42 Å². The topological polar surface area (TPSA) is 59.1 Å². The number of rotatable bonds is 3. The molecule has 1 aliphatic rings. The van der Waals surface area contributed by atoms with Crippen LogP contribution in [0.1, 0.15) is 29.3 Å². The molecule has 0 amide bonds. The lowest BCUT2D eigenvalue weighted by atomic mass is 10.0. The third-order valence-electron chi connectivity index (χ3n) is 3.83. The van der Waals surface area contributed by atoms with Crippen molar-refractivity contribution in [1.82, 2.24) is 10.3 Å². The molecule has 3 rings (SSSR count). The number of nitrogens with one attached hydrogen (secondary N) is 1. The Balaban J connectivity index is 1.79. The summed E-state index contributed by atoms with van der Waals surface area (Å²) in [5.74, 6) is 0.202.